The van der Waals surface area contributed by atoms with Gasteiger partial charge in [0.05, 0.1) is 13.3 Å². The van der Waals surface area contributed by atoms with Crippen LogP contribution in [0.3, 0.4) is 0 Å². The molecule has 6 nitrogen and oxygen atoms in total. The molecule has 1 aliphatic rings. The number of hydrogen-bond donors (Lipinski definition) is 1. The van der Waals surface area contributed by atoms with Crippen LogP contribution < -0.4 is 10.2 Å². The molecular weight excluding hydrogens is 248 g/mol. The topological polar surface area (TPSA) is 71.8 Å². The monoisotopic (exact) mass is 266 g/mol. The van der Waals surface area contributed by atoms with E-state index in [9.17, 15) is 14.7 Å². The van der Waals surface area contributed by atoms with Crippen LogP contribution >= 0.6 is 0 Å². The predicted molar refractivity (Wildman–Crippen MR) is 70.0 cm³/mol. The highest BCUT2D eigenvalue weighted by molar-refractivity contribution is 5.85. The zero-order chi connectivity index (χ0) is 14.0. The molecule has 104 valence electrons. The average molecular weight is 266 g/mol. The first-order valence-corrected chi connectivity index (χ1v) is 6.25. The summed E-state index contributed by atoms with van der Waals surface area (Å²) >= 11 is 0. The lowest BCUT2D eigenvalue weighted by Gasteiger charge is -2.31. The fourth-order valence-corrected chi connectivity index (χ4v) is 2.43. The molecular formula is C13H18N2O4. The number of methoxy groups -OCH3 is 1. The molecule has 0 saturated carbocycles. The molecule has 0 aliphatic carbocycles. The van der Waals surface area contributed by atoms with E-state index in [4.69, 9.17) is 4.74 Å². The Morgan fingerprint density at radius 3 is 2.58 bits per heavy atom. The molecule has 1 aromatic rings. The fourth-order valence-electron chi connectivity index (χ4n) is 2.43. The van der Waals surface area contributed by atoms with E-state index in [1.807, 2.05) is 7.05 Å². The smallest absolute Gasteiger partial charge is 0.352 e. The highest BCUT2D eigenvalue weighted by Crippen LogP contribution is 2.24. The molecule has 1 fully saturated rings. The van der Waals surface area contributed by atoms with E-state index in [-0.39, 0.29) is 17.5 Å². The normalized spacial score (nSPS) is 17.4. The Morgan fingerprint density at radius 2 is 2.05 bits per heavy atom. The van der Waals surface area contributed by atoms with Gasteiger partial charge in [-0.05, 0) is 33.0 Å². The second kappa shape index (κ2) is 5.44. The molecule has 19 heavy (non-hydrogen) atoms. The first-order chi connectivity index (χ1) is 9.02. The summed E-state index contributed by atoms with van der Waals surface area (Å²) in [6, 6.07) is 1.23. The van der Waals surface area contributed by atoms with Gasteiger partial charge in [0.1, 0.15) is 5.69 Å². The third-order valence-corrected chi connectivity index (χ3v) is 3.57. The Hall–Kier alpha value is -1.82. The number of pyridine rings is 1. The van der Waals surface area contributed by atoms with Gasteiger partial charge in [0.25, 0.3) is 0 Å². The van der Waals surface area contributed by atoms with Crippen molar-refractivity contribution >= 4 is 5.97 Å². The van der Waals surface area contributed by atoms with Crippen molar-refractivity contribution in [2.24, 2.45) is 0 Å². The number of ether oxygens (including phenoxy) is 1. The fraction of sp³-hybridized carbons (Fsp3) is 0.538. The Morgan fingerprint density at radius 1 is 1.42 bits per heavy atom. The summed E-state index contributed by atoms with van der Waals surface area (Å²) in [6.07, 6.45) is 3.24. The van der Waals surface area contributed by atoms with Crippen molar-refractivity contribution < 1.29 is 14.6 Å². The van der Waals surface area contributed by atoms with E-state index in [1.165, 1.54) is 13.3 Å². The summed E-state index contributed by atoms with van der Waals surface area (Å²) in [6.45, 7) is 1.83. The van der Waals surface area contributed by atoms with E-state index in [0.29, 0.717) is 0 Å². The SMILES string of the molecule is COc1cn(C2CCN(C)CC2)c(C(=O)O)cc1=O. The maximum Gasteiger partial charge on any atom is 0.352 e. The molecule has 0 amide bonds. The highest BCUT2D eigenvalue weighted by atomic mass is 16.5. The van der Waals surface area contributed by atoms with Crippen LogP contribution in [0.4, 0.5) is 0 Å². The van der Waals surface area contributed by atoms with E-state index < -0.39 is 11.4 Å². The van der Waals surface area contributed by atoms with E-state index in [2.05, 4.69) is 4.90 Å². The van der Waals surface area contributed by atoms with Crippen LogP contribution in [0.1, 0.15) is 29.4 Å². The Balaban J connectivity index is 2.42. The first-order valence-electron chi connectivity index (χ1n) is 6.25. The van der Waals surface area contributed by atoms with Crippen LogP contribution in [0, 0.1) is 0 Å². The summed E-state index contributed by atoms with van der Waals surface area (Å²) in [4.78, 5) is 25.1. The van der Waals surface area contributed by atoms with Crippen LogP contribution in [0.5, 0.6) is 5.75 Å². The number of aromatic nitrogens is 1. The largest absolute Gasteiger partial charge is 0.491 e. The van der Waals surface area contributed by atoms with Gasteiger partial charge in [-0.2, -0.15) is 0 Å². The summed E-state index contributed by atoms with van der Waals surface area (Å²) < 4.78 is 6.66. The lowest BCUT2D eigenvalue weighted by Crippen LogP contribution is -2.33. The molecule has 1 aliphatic heterocycles. The zero-order valence-electron chi connectivity index (χ0n) is 11.1. The number of likely N-dealkylation sites (tertiary alicyclic amines) is 1. The number of piperidine rings is 1. The van der Waals surface area contributed by atoms with Gasteiger partial charge in [-0.1, -0.05) is 0 Å². The summed E-state index contributed by atoms with van der Waals surface area (Å²) in [5.41, 5.74) is -0.371. The van der Waals surface area contributed by atoms with Crippen LogP contribution in [0.25, 0.3) is 0 Å². The van der Waals surface area contributed by atoms with Gasteiger partial charge in [0, 0.05) is 12.1 Å². The number of rotatable bonds is 3. The number of aromatic carboxylic acids is 1. The third kappa shape index (κ3) is 2.78. The van der Waals surface area contributed by atoms with Gasteiger partial charge in [0.15, 0.2) is 5.75 Å². The van der Waals surface area contributed by atoms with Crippen molar-refractivity contribution in [3.63, 3.8) is 0 Å². The van der Waals surface area contributed by atoms with Crippen molar-refractivity contribution in [2.75, 3.05) is 27.2 Å². The quantitative estimate of drug-likeness (QED) is 0.877. The van der Waals surface area contributed by atoms with E-state index >= 15 is 0 Å². The minimum Gasteiger partial charge on any atom is -0.491 e. The minimum absolute atomic E-state index is 0.0281. The number of nitrogens with zero attached hydrogens (tertiary/aromatic N) is 2. The molecule has 0 bridgehead atoms. The minimum atomic E-state index is -1.08. The van der Waals surface area contributed by atoms with Crippen LogP contribution in [-0.2, 0) is 0 Å². The highest BCUT2D eigenvalue weighted by Gasteiger charge is 2.23. The molecule has 0 unspecified atom stereocenters. The number of hydrogen-bond acceptors (Lipinski definition) is 4. The standard InChI is InChI=1S/C13H18N2O4/c1-14-5-3-9(4-6-14)15-8-12(19-2)11(16)7-10(15)13(17)18/h7-9H,3-6H2,1-2H3,(H,17,18). The second-order valence-electron chi connectivity index (χ2n) is 4.84. The lowest BCUT2D eigenvalue weighted by atomic mass is 10.0. The molecule has 1 N–H and O–H groups in total. The molecule has 0 aromatic carbocycles. The molecule has 0 radical (unpaired) electrons. The summed E-state index contributed by atoms with van der Waals surface area (Å²) in [5, 5.41) is 9.23. The lowest BCUT2D eigenvalue weighted by molar-refractivity contribution is 0.0677. The van der Waals surface area contributed by atoms with Crippen molar-refractivity contribution in [2.45, 2.75) is 18.9 Å². The van der Waals surface area contributed by atoms with Gasteiger partial charge in [-0.25, -0.2) is 4.79 Å². The number of carbonyl (C=O) groups is 1. The van der Waals surface area contributed by atoms with E-state index in [1.54, 1.807) is 4.57 Å². The Labute approximate surface area is 111 Å². The zero-order valence-corrected chi connectivity index (χ0v) is 11.1. The number of carboxylic acids is 1. The van der Waals surface area contributed by atoms with Crippen LogP contribution in [-0.4, -0.2) is 47.8 Å². The first kappa shape index (κ1) is 13.6. The van der Waals surface area contributed by atoms with Crippen LogP contribution in [0.15, 0.2) is 17.1 Å². The molecule has 0 atom stereocenters. The molecule has 1 saturated heterocycles. The van der Waals surface area contributed by atoms with Gasteiger partial charge < -0.3 is 19.3 Å². The Bertz CT molecular complexity index is 530. The van der Waals surface area contributed by atoms with Crippen molar-refractivity contribution in [3.05, 3.63) is 28.2 Å². The molecule has 1 aromatic heterocycles. The average Bonchev–Trinajstić information content (AvgIpc) is 2.39. The molecule has 6 heteroatoms. The van der Waals surface area contributed by atoms with Crippen molar-refractivity contribution in [3.8, 4) is 5.75 Å². The third-order valence-electron chi connectivity index (χ3n) is 3.57. The molecule has 0 spiro atoms. The summed E-state index contributed by atoms with van der Waals surface area (Å²) in [7, 11) is 3.45. The van der Waals surface area contributed by atoms with Crippen molar-refractivity contribution in [1.29, 1.82) is 0 Å². The number of carboxylic acid groups (broad SMARTS) is 1. The van der Waals surface area contributed by atoms with E-state index in [0.717, 1.165) is 32.0 Å². The van der Waals surface area contributed by atoms with Crippen molar-refractivity contribution in [1.82, 2.24) is 9.47 Å². The summed E-state index contributed by atoms with van der Waals surface area (Å²) in [5.74, 6) is -0.900. The maximum atomic E-state index is 11.7. The molecule has 2 heterocycles. The van der Waals surface area contributed by atoms with Gasteiger partial charge in [-0.3, -0.25) is 4.79 Å². The molecule has 2 rings (SSSR count). The second-order valence-corrected chi connectivity index (χ2v) is 4.84. The van der Waals surface area contributed by atoms with Gasteiger partial charge in [-0.15, -0.1) is 0 Å². The maximum absolute atomic E-state index is 11.7. The van der Waals surface area contributed by atoms with Crippen LogP contribution in [0.2, 0.25) is 0 Å². The van der Waals surface area contributed by atoms with Gasteiger partial charge >= 0.3 is 5.97 Å². The predicted octanol–water partition coefficient (Wildman–Crippen LogP) is 0.822. The Kier molecular flexibility index (Phi) is 3.90. The van der Waals surface area contributed by atoms with Gasteiger partial charge in [0.2, 0.25) is 5.43 Å².